The van der Waals surface area contributed by atoms with Crippen LogP contribution in [0.15, 0.2) is 44.6 Å². The summed E-state index contributed by atoms with van der Waals surface area (Å²) in [5, 5.41) is 24.3. The molecule has 4 rings (SSSR count). The van der Waals surface area contributed by atoms with Gasteiger partial charge in [-0.15, -0.1) is 13.2 Å². The summed E-state index contributed by atoms with van der Waals surface area (Å²) in [6.45, 7) is -1.85. The summed E-state index contributed by atoms with van der Waals surface area (Å²) in [4.78, 5) is 61.6. The van der Waals surface area contributed by atoms with Crippen LogP contribution in [0.25, 0.3) is 11.0 Å². The van der Waals surface area contributed by atoms with Crippen molar-refractivity contribution < 1.29 is 83.8 Å². The normalized spacial score (nSPS) is 23.8. The number of fused-ring (bicyclic) bond motifs is 1. The number of halogens is 3. The van der Waals surface area contributed by atoms with Crippen molar-refractivity contribution in [2.45, 2.75) is 37.4 Å². The first-order valence-electron chi connectivity index (χ1n) is 11.4. The van der Waals surface area contributed by atoms with Gasteiger partial charge in [-0.2, -0.15) is 8.62 Å². The summed E-state index contributed by atoms with van der Waals surface area (Å²) in [6.07, 6.45) is -11.7. The summed E-state index contributed by atoms with van der Waals surface area (Å²) in [5.74, 6) is -0.745. The molecule has 244 valence electrons. The smallest absolute Gasteiger partial charge is 0.402 e. The molecule has 0 radical (unpaired) electrons. The maximum Gasteiger partial charge on any atom is 0.573 e. The van der Waals surface area contributed by atoms with E-state index in [-0.39, 0.29) is 11.1 Å². The number of aliphatic hydroxyl groups is 2. The Morgan fingerprint density at radius 3 is 2.30 bits per heavy atom. The fraction of sp³-hybridized carbons (Fsp3) is 0.389. The monoisotopic (exact) mass is 699 g/mol. The van der Waals surface area contributed by atoms with Crippen molar-refractivity contribution in [1.82, 2.24) is 14.3 Å². The average molecular weight is 699 g/mol. The number of ether oxygens (including phenoxy) is 2. The summed E-state index contributed by atoms with van der Waals surface area (Å²) in [6, 6.07) is 4.21. The molecule has 1 fully saturated rings. The van der Waals surface area contributed by atoms with Gasteiger partial charge in [0.2, 0.25) is 5.58 Å². The third-order valence-electron chi connectivity index (χ3n) is 5.60. The van der Waals surface area contributed by atoms with E-state index in [0.717, 1.165) is 18.3 Å². The van der Waals surface area contributed by atoms with Gasteiger partial charge in [-0.05, 0) is 12.1 Å². The molecular weight excluding hydrogens is 680 g/mol. The fourth-order valence-electron chi connectivity index (χ4n) is 3.89. The zero-order valence-electron chi connectivity index (χ0n) is 21.1. The zero-order valence-corrected chi connectivity index (χ0v) is 23.8. The Bertz CT molecular complexity index is 1800. The van der Waals surface area contributed by atoms with Gasteiger partial charge in [-0.3, -0.25) is 18.5 Å². The number of aliphatic hydroxyl groups excluding tert-OH is 2. The van der Waals surface area contributed by atoms with Gasteiger partial charge in [0.05, 0.1) is 18.5 Å². The number of benzene rings is 1. The minimum Gasteiger partial charge on any atom is -0.402 e. The Balaban J connectivity index is 1.53. The van der Waals surface area contributed by atoms with E-state index in [1.807, 2.05) is 0 Å². The molecule has 0 amide bonds. The number of phosphoric ester groups is 1. The number of phosphoric acid groups is 3. The first-order chi connectivity index (χ1) is 20.2. The highest BCUT2D eigenvalue weighted by molar-refractivity contribution is 7.66. The molecule has 1 aliphatic heterocycles. The number of rotatable bonds is 11. The van der Waals surface area contributed by atoms with Crippen molar-refractivity contribution in [3.05, 3.63) is 57.0 Å². The van der Waals surface area contributed by atoms with E-state index >= 15 is 0 Å². The lowest BCUT2D eigenvalue weighted by Gasteiger charge is -2.19. The van der Waals surface area contributed by atoms with E-state index in [0.29, 0.717) is 9.13 Å². The molecule has 44 heavy (non-hydrogen) atoms. The molecule has 3 aromatic rings. The zero-order chi connectivity index (χ0) is 32.8. The lowest BCUT2D eigenvalue weighted by molar-refractivity contribution is -0.274. The number of hydrogen-bond donors (Lipinski definition) is 6. The summed E-state index contributed by atoms with van der Waals surface area (Å²) in [5.41, 5.74) is -2.75. The predicted molar refractivity (Wildman–Crippen MR) is 130 cm³/mol. The first-order valence-corrected chi connectivity index (χ1v) is 15.9. The van der Waals surface area contributed by atoms with Gasteiger partial charge < -0.3 is 43.8 Å². The number of para-hydroxylation sites is 1. The molecule has 0 spiro atoms. The molecule has 6 N–H and O–H groups in total. The van der Waals surface area contributed by atoms with E-state index < -0.39 is 90.1 Å². The van der Waals surface area contributed by atoms with E-state index in [4.69, 9.17) is 19.0 Å². The third kappa shape index (κ3) is 8.09. The van der Waals surface area contributed by atoms with Gasteiger partial charge >= 0.3 is 35.5 Å². The molecular formula is C18H19F3N3O17P3. The highest BCUT2D eigenvalue weighted by atomic mass is 31.3. The summed E-state index contributed by atoms with van der Waals surface area (Å²) in [7, 11) is -17.2. The second-order valence-electron chi connectivity index (χ2n) is 8.67. The second-order valence-corrected chi connectivity index (χ2v) is 13.1. The Kier molecular flexibility index (Phi) is 9.47. The Morgan fingerprint density at radius 2 is 1.66 bits per heavy atom. The van der Waals surface area contributed by atoms with Crippen LogP contribution < -0.4 is 16.0 Å². The SMILES string of the molecule is O=c1ccn([C@@H]2O[C@H](COP(=O)(O)OP(=O)(O)OP(=O)(O)O)[C@H](O)C2O)c(=O)n1Cc1noc2c(OC(F)(F)F)cccc12. The molecule has 0 aliphatic carbocycles. The van der Waals surface area contributed by atoms with E-state index in [2.05, 4.69) is 23.0 Å². The largest absolute Gasteiger partial charge is 0.573 e. The third-order valence-corrected chi connectivity index (χ3v) is 9.40. The van der Waals surface area contributed by atoms with Crippen LogP contribution in [0.2, 0.25) is 0 Å². The number of hydrogen-bond acceptors (Lipinski definition) is 14. The van der Waals surface area contributed by atoms with Crippen LogP contribution in [-0.2, 0) is 38.1 Å². The highest BCUT2D eigenvalue weighted by Crippen LogP contribution is 2.66. The Hall–Kier alpha value is -2.75. The van der Waals surface area contributed by atoms with Gasteiger partial charge in [-0.25, -0.2) is 18.5 Å². The van der Waals surface area contributed by atoms with Crippen LogP contribution in [0.5, 0.6) is 5.75 Å². The number of alkyl halides is 3. The maximum absolute atomic E-state index is 13.2. The Labute approximate surface area is 239 Å². The van der Waals surface area contributed by atoms with Crippen molar-refractivity contribution in [1.29, 1.82) is 0 Å². The topological polar surface area (TPSA) is 289 Å². The molecule has 2 aromatic heterocycles. The van der Waals surface area contributed by atoms with Crippen LogP contribution in [0, 0.1) is 0 Å². The molecule has 6 atom stereocenters. The first kappa shape index (κ1) is 34.1. The van der Waals surface area contributed by atoms with Gasteiger partial charge in [0, 0.05) is 12.3 Å². The van der Waals surface area contributed by atoms with Crippen molar-refractivity contribution >= 4 is 34.4 Å². The number of aromatic nitrogens is 3. The van der Waals surface area contributed by atoms with E-state index in [9.17, 15) is 56.5 Å². The second kappa shape index (κ2) is 12.2. The number of nitrogens with zero attached hydrogens (tertiary/aromatic N) is 3. The molecule has 1 saturated heterocycles. The lowest BCUT2D eigenvalue weighted by Crippen LogP contribution is -2.43. The van der Waals surface area contributed by atoms with Crippen LogP contribution in [0.3, 0.4) is 0 Å². The minimum atomic E-state index is -5.85. The van der Waals surface area contributed by atoms with Crippen LogP contribution in [-0.4, -0.2) is 75.4 Å². The molecule has 1 aliphatic rings. The molecule has 0 saturated carbocycles. The van der Waals surface area contributed by atoms with Crippen molar-refractivity contribution in [2.24, 2.45) is 0 Å². The van der Waals surface area contributed by atoms with E-state index in [1.165, 1.54) is 12.1 Å². The molecule has 26 heteroatoms. The van der Waals surface area contributed by atoms with Crippen LogP contribution >= 0.6 is 23.5 Å². The van der Waals surface area contributed by atoms with Crippen molar-refractivity contribution in [3.63, 3.8) is 0 Å². The standard InChI is InChI=1S/C18H19F3N3O17P3/c19-18(20,21)38-10-3-1-2-8-9(22-39-15(8)10)6-24-12(25)4-5-23(17(24)28)16-14(27)13(26)11(37-16)7-36-43(32,33)41-44(34,35)40-42(29,30)31/h1-5,11,13-14,16,26-27H,6-7H2,(H,32,33)(H,34,35)(H2,29,30,31)/t11-,13+,14?,16-/m1/s1. The quantitative estimate of drug-likeness (QED) is 0.144. The molecule has 1 aromatic carbocycles. The maximum atomic E-state index is 13.2. The molecule has 20 nitrogen and oxygen atoms in total. The van der Waals surface area contributed by atoms with Gasteiger partial charge in [0.1, 0.15) is 24.0 Å². The molecule has 0 bridgehead atoms. The van der Waals surface area contributed by atoms with Gasteiger partial charge in [0.15, 0.2) is 12.0 Å². The highest BCUT2D eigenvalue weighted by Gasteiger charge is 2.47. The summed E-state index contributed by atoms with van der Waals surface area (Å²) < 4.78 is 99.0. The Morgan fingerprint density at radius 1 is 0.977 bits per heavy atom. The van der Waals surface area contributed by atoms with Crippen LogP contribution in [0.4, 0.5) is 13.2 Å². The van der Waals surface area contributed by atoms with Gasteiger partial charge in [0.25, 0.3) is 5.56 Å². The fourth-order valence-corrected chi connectivity index (χ4v) is 6.92. The predicted octanol–water partition coefficient (Wildman–Crippen LogP) is 0.0606. The van der Waals surface area contributed by atoms with Gasteiger partial charge in [-0.1, -0.05) is 11.2 Å². The van der Waals surface area contributed by atoms with E-state index in [1.54, 1.807) is 0 Å². The molecule has 3 heterocycles. The average Bonchev–Trinajstić information content (AvgIpc) is 3.39. The van der Waals surface area contributed by atoms with Crippen LogP contribution in [0.1, 0.15) is 11.9 Å². The lowest BCUT2D eigenvalue weighted by atomic mass is 10.1. The summed E-state index contributed by atoms with van der Waals surface area (Å²) >= 11 is 0. The minimum absolute atomic E-state index is 0.0486. The van der Waals surface area contributed by atoms with Crippen molar-refractivity contribution in [3.8, 4) is 5.75 Å². The molecule has 3 unspecified atom stereocenters. The van der Waals surface area contributed by atoms with Crippen molar-refractivity contribution in [2.75, 3.05) is 6.61 Å².